The van der Waals surface area contributed by atoms with E-state index in [0.717, 1.165) is 36.8 Å². The first-order chi connectivity index (χ1) is 16.2. The third-order valence-corrected chi connectivity index (χ3v) is 6.44. The fraction of sp³-hybridized carbons (Fsp3) is 0.667. The molecule has 0 radical (unpaired) electrons. The molecule has 1 saturated carbocycles. The largest absolute Gasteiger partial charge is 0.444 e. The highest BCUT2D eigenvalue weighted by Crippen LogP contribution is 2.32. The number of amides is 3. The van der Waals surface area contributed by atoms with Crippen molar-refractivity contribution < 1.29 is 19.1 Å². The molecule has 2 atom stereocenters. The van der Waals surface area contributed by atoms with E-state index in [2.05, 4.69) is 23.3 Å². The van der Waals surface area contributed by atoms with E-state index in [1.807, 2.05) is 52.0 Å². The molecule has 8 heteroatoms. The van der Waals surface area contributed by atoms with Crippen LogP contribution in [0.4, 0.5) is 4.79 Å². The van der Waals surface area contributed by atoms with Gasteiger partial charge in [-0.2, -0.15) is 12.6 Å². The number of nitrogens with zero attached hydrogens (tertiary/aromatic N) is 1. The average Bonchev–Trinajstić information content (AvgIpc) is 2.74. The van der Waals surface area contributed by atoms with Crippen LogP contribution in [0.5, 0.6) is 0 Å². The summed E-state index contributed by atoms with van der Waals surface area (Å²) in [4.78, 5) is 41.9. The molecule has 3 amide bonds. The van der Waals surface area contributed by atoms with Crippen LogP contribution in [0.2, 0.25) is 0 Å². The van der Waals surface area contributed by atoms with Gasteiger partial charge in [-0.3, -0.25) is 9.59 Å². The third-order valence-electron chi connectivity index (χ3n) is 6.07. The van der Waals surface area contributed by atoms with E-state index in [4.69, 9.17) is 4.74 Å². The van der Waals surface area contributed by atoms with Gasteiger partial charge >= 0.3 is 6.09 Å². The highest BCUT2D eigenvalue weighted by atomic mass is 32.1. The van der Waals surface area contributed by atoms with Gasteiger partial charge in [-0.25, -0.2) is 4.79 Å². The monoisotopic (exact) mass is 505 g/mol. The number of hydrogen-bond donors (Lipinski definition) is 3. The van der Waals surface area contributed by atoms with Crippen LogP contribution in [-0.2, 0) is 14.3 Å². The second kappa shape index (κ2) is 12.2. The molecule has 0 spiro atoms. The molecule has 1 aromatic rings. The summed E-state index contributed by atoms with van der Waals surface area (Å²) in [5, 5.41) is 5.87. The number of carbonyl (C=O) groups excluding carboxylic acids is 3. The summed E-state index contributed by atoms with van der Waals surface area (Å²) < 4.78 is 5.36. The molecule has 1 aliphatic rings. The number of aryl methyl sites for hydroxylation is 1. The molecule has 0 bridgehead atoms. The highest BCUT2D eigenvalue weighted by Gasteiger charge is 2.42. The second-order valence-corrected chi connectivity index (χ2v) is 11.7. The number of nitrogens with one attached hydrogen (secondary N) is 2. The van der Waals surface area contributed by atoms with Crippen LogP contribution in [0.25, 0.3) is 0 Å². The van der Waals surface area contributed by atoms with E-state index in [1.165, 1.54) is 6.42 Å². The topological polar surface area (TPSA) is 87.7 Å². The first kappa shape index (κ1) is 29.0. The summed E-state index contributed by atoms with van der Waals surface area (Å²) in [6.45, 7) is 12.9. The van der Waals surface area contributed by atoms with Crippen LogP contribution in [0.3, 0.4) is 0 Å². The van der Waals surface area contributed by atoms with E-state index in [1.54, 1.807) is 25.7 Å². The van der Waals surface area contributed by atoms with Crippen LogP contribution in [0.1, 0.15) is 90.8 Å². The number of carbonyl (C=O) groups is 3. The Balaban J connectivity index is 2.46. The molecule has 2 rings (SSSR count). The predicted octanol–water partition coefficient (Wildman–Crippen LogP) is 4.94. The molecule has 0 aliphatic heterocycles. The Labute approximate surface area is 216 Å². The van der Waals surface area contributed by atoms with E-state index < -0.39 is 29.3 Å². The van der Waals surface area contributed by atoms with Crippen molar-refractivity contribution in [3.8, 4) is 0 Å². The summed E-state index contributed by atoms with van der Waals surface area (Å²) in [7, 11) is 0. The van der Waals surface area contributed by atoms with Crippen LogP contribution in [0, 0.1) is 6.92 Å². The van der Waals surface area contributed by atoms with Crippen molar-refractivity contribution in [1.29, 1.82) is 0 Å². The standard InChI is InChI=1S/C27H43N3O4S/c1-18-13-11-12-16-20(18)22(23(31)28-19-14-9-8-10-15-19)30(26(2,3)4)24(32)21(17-35)29-25(33)34-27(5,6)7/h11-13,16,19,21-22,35H,8-10,14-15,17H2,1-7H3,(H,28,31)(H,29,33). The normalized spacial score (nSPS) is 16.7. The van der Waals surface area contributed by atoms with Crippen LogP contribution in [-0.4, -0.2) is 51.8 Å². The van der Waals surface area contributed by atoms with E-state index in [0.29, 0.717) is 0 Å². The summed E-state index contributed by atoms with van der Waals surface area (Å²) in [5.74, 6) is -0.523. The zero-order chi connectivity index (χ0) is 26.4. The van der Waals surface area contributed by atoms with Crippen molar-refractivity contribution in [3.63, 3.8) is 0 Å². The van der Waals surface area contributed by atoms with Crippen molar-refractivity contribution in [2.75, 3.05) is 5.75 Å². The summed E-state index contributed by atoms with van der Waals surface area (Å²) in [6, 6.07) is 5.91. The molecule has 196 valence electrons. The smallest absolute Gasteiger partial charge is 0.408 e. The molecular formula is C27H43N3O4S. The fourth-order valence-corrected chi connectivity index (χ4v) is 4.71. The zero-order valence-corrected chi connectivity index (χ0v) is 23.2. The Bertz CT molecular complexity index is 885. The number of rotatable bonds is 7. The lowest BCUT2D eigenvalue weighted by atomic mass is 9.91. The first-order valence-electron chi connectivity index (χ1n) is 12.5. The summed E-state index contributed by atoms with van der Waals surface area (Å²) in [6.07, 6.45) is 4.54. The van der Waals surface area contributed by atoms with Gasteiger partial charge in [0.1, 0.15) is 17.7 Å². The van der Waals surface area contributed by atoms with E-state index in [-0.39, 0.29) is 23.6 Å². The molecule has 35 heavy (non-hydrogen) atoms. The molecular weight excluding hydrogens is 462 g/mol. The fourth-order valence-electron chi connectivity index (χ4n) is 4.47. The van der Waals surface area contributed by atoms with Gasteiger partial charge in [-0.15, -0.1) is 0 Å². The molecule has 0 heterocycles. The Morgan fingerprint density at radius 3 is 2.17 bits per heavy atom. The molecule has 0 saturated heterocycles. The highest BCUT2D eigenvalue weighted by molar-refractivity contribution is 7.80. The van der Waals surface area contributed by atoms with E-state index in [9.17, 15) is 14.4 Å². The minimum atomic E-state index is -0.957. The third kappa shape index (κ3) is 8.44. The average molecular weight is 506 g/mol. The van der Waals surface area contributed by atoms with Gasteiger partial charge in [0, 0.05) is 17.3 Å². The van der Waals surface area contributed by atoms with Gasteiger partial charge in [0.05, 0.1) is 0 Å². The van der Waals surface area contributed by atoms with Crippen LogP contribution < -0.4 is 10.6 Å². The quantitative estimate of drug-likeness (QED) is 0.458. The molecule has 1 aliphatic carbocycles. The van der Waals surface area contributed by atoms with Gasteiger partial charge in [-0.05, 0) is 72.4 Å². The summed E-state index contributed by atoms with van der Waals surface area (Å²) >= 11 is 4.35. The second-order valence-electron chi connectivity index (χ2n) is 11.4. The number of alkyl carbamates (subject to hydrolysis) is 1. The van der Waals surface area contributed by atoms with E-state index >= 15 is 0 Å². The lowest BCUT2D eigenvalue weighted by molar-refractivity contribution is -0.148. The summed E-state index contributed by atoms with van der Waals surface area (Å²) in [5.41, 5.74) is 0.256. The number of hydrogen-bond acceptors (Lipinski definition) is 5. The molecule has 1 aromatic carbocycles. The van der Waals surface area contributed by atoms with Crippen molar-refractivity contribution in [2.24, 2.45) is 0 Å². The van der Waals surface area contributed by atoms with Gasteiger partial charge in [0.2, 0.25) is 11.8 Å². The van der Waals surface area contributed by atoms with Crippen molar-refractivity contribution in [3.05, 3.63) is 35.4 Å². The maximum absolute atomic E-state index is 14.0. The van der Waals surface area contributed by atoms with Crippen LogP contribution >= 0.6 is 12.6 Å². The van der Waals surface area contributed by atoms with Gasteiger partial charge < -0.3 is 20.3 Å². The first-order valence-corrected chi connectivity index (χ1v) is 13.2. The van der Waals surface area contributed by atoms with Gasteiger partial charge in [-0.1, -0.05) is 43.5 Å². The van der Waals surface area contributed by atoms with Crippen molar-refractivity contribution >= 4 is 30.5 Å². The van der Waals surface area contributed by atoms with Crippen molar-refractivity contribution in [1.82, 2.24) is 15.5 Å². The van der Waals surface area contributed by atoms with Crippen molar-refractivity contribution in [2.45, 2.75) is 110 Å². The predicted molar refractivity (Wildman–Crippen MR) is 143 cm³/mol. The number of ether oxygens (including phenoxy) is 1. The minimum absolute atomic E-state index is 0.0649. The Morgan fingerprint density at radius 1 is 1.06 bits per heavy atom. The maximum Gasteiger partial charge on any atom is 0.408 e. The lowest BCUT2D eigenvalue weighted by Gasteiger charge is -2.43. The number of thiol groups is 1. The molecule has 0 aromatic heterocycles. The Kier molecular flexibility index (Phi) is 10.1. The maximum atomic E-state index is 14.0. The molecule has 2 unspecified atom stereocenters. The SMILES string of the molecule is Cc1ccccc1C(C(=O)NC1CCCCC1)N(C(=O)C(CS)NC(=O)OC(C)(C)C)C(C)(C)C. The van der Waals surface area contributed by atoms with Gasteiger partial charge in [0.25, 0.3) is 0 Å². The zero-order valence-electron chi connectivity index (χ0n) is 22.3. The molecule has 7 nitrogen and oxygen atoms in total. The Morgan fingerprint density at radius 2 is 1.66 bits per heavy atom. The number of benzene rings is 1. The van der Waals surface area contributed by atoms with Gasteiger partial charge in [0.15, 0.2) is 0 Å². The Hall–Kier alpha value is -2.22. The molecule has 2 N–H and O–H groups in total. The van der Waals surface area contributed by atoms with Crippen LogP contribution in [0.15, 0.2) is 24.3 Å². The lowest BCUT2D eigenvalue weighted by Crippen LogP contribution is -2.59. The molecule has 1 fully saturated rings. The minimum Gasteiger partial charge on any atom is -0.444 e.